The maximum atomic E-state index is 12.9. The molecule has 3 saturated heterocycles. The lowest BCUT2D eigenvalue weighted by atomic mass is 9.72. The maximum Gasteiger partial charge on any atom is 0.243 e. The van der Waals surface area contributed by atoms with Crippen LogP contribution in [0.15, 0.2) is 0 Å². The molecular formula is C16H25N7O2. The largest absolute Gasteiger partial charge is 0.354 e. The molecule has 4 rings (SSSR count). The van der Waals surface area contributed by atoms with Crippen LogP contribution in [-0.2, 0) is 16.0 Å². The SMILES string of the molecule is O=C(NCCCc1nn[nH]n1)[C@H]1[C@@H]2CNC[C@@H](C2)[C@@H]2CCCC(=O)N21. The molecule has 0 aromatic carbocycles. The predicted octanol–water partition coefficient (Wildman–Crippen LogP) is -0.762. The number of H-pyrrole nitrogens is 1. The molecule has 0 aliphatic carbocycles. The number of carbonyl (C=O) groups is 2. The summed E-state index contributed by atoms with van der Waals surface area (Å²) in [6, 6.07) is -0.104. The number of aromatic amines is 1. The molecule has 25 heavy (non-hydrogen) atoms. The Bertz CT molecular complexity index is 620. The lowest BCUT2D eigenvalue weighted by Gasteiger charge is -2.53. The highest BCUT2D eigenvalue weighted by Gasteiger charge is 2.50. The van der Waals surface area contributed by atoms with Crippen molar-refractivity contribution in [3.63, 3.8) is 0 Å². The van der Waals surface area contributed by atoms with Crippen LogP contribution in [0, 0.1) is 11.8 Å². The Morgan fingerprint density at radius 2 is 2.20 bits per heavy atom. The number of nitrogens with zero attached hydrogens (tertiary/aromatic N) is 4. The van der Waals surface area contributed by atoms with E-state index in [0.29, 0.717) is 31.1 Å². The van der Waals surface area contributed by atoms with E-state index in [0.717, 1.165) is 38.8 Å². The summed E-state index contributed by atoms with van der Waals surface area (Å²) in [7, 11) is 0. The molecule has 9 heteroatoms. The molecule has 4 atom stereocenters. The van der Waals surface area contributed by atoms with Gasteiger partial charge >= 0.3 is 0 Å². The summed E-state index contributed by atoms with van der Waals surface area (Å²) in [5.41, 5.74) is 0. The van der Waals surface area contributed by atoms with Gasteiger partial charge in [-0.15, -0.1) is 10.2 Å². The first kappa shape index (κ1) is 16.4. The molecule has 9 nitrogen and oxygen atoms in total. The Morgan fingerprint density at radius 1 is 1.32 bits per heavy atom. The van der Waals surface area contributed by atoms with E-state index in [9.17, 15) is 9.59 Å². The third kappa shape index (κ3) is 3.24. The Balaban J connectivity index is 1.39. The summed E-state index contributed by atoms with van der Waals surface area (Å²) in [5, 5.41) is 20.2. The number of fused-ring (bicyclic) bond motifs is 4. The minimum Gasteiger partial charge on any atom is -0.354 e. The number of rotatable bonds is 5. The van der Waals surface area contributed by atoms with Crippen LogP contribution in [0.4, 0.5) is 0 Å². The van der Waals surface area contributed by atoms with Crippen LogP contribution in [0.1, 0.15) is 37.9 Å². The van der Waals surface area contributed by atoms with Gasteiger partial charge < -0.3 is 15.5 Å². The smallest absolute Gasteiger partial charge is 0.243 e. The van der Waals surface area contributed by atoms with Gasteiger partial charge in [-0.25, -0.2) is 0 Å². The molecule has 0 saturated carbocycles. The number of aromatic nitrogens is 4. The van der Waals surface area contributed by atoms with Gasteiger partial charge in [-0.05, 0) is 38.1 Å². The fourth-order valence-electron chi connectivity index (χ4n) is 4.70. The molecule has 0 unspecified atom stereocenters. The summed E-state index contributed by atoms with van der Waals surface area (Å²) in [6.45, 7) is 2.33. The molecule has 4 heterocycles. The van der Waals surface area contributed by atoms with Gasteiger partial charge in [0.25, 0.3) is 0 Å². The van der Waals surface area contributed by atoms with Gasteiger partial charge in [0.1, 0.15) is 6.04 Å². The molecule has 3 aliphatic heterocycles. The van der Waals surface area contributed by atoms with E-state index in [1.54, 1.807) is 0 Å². The zero-order valence-corrected chi connectivity index (χ0v) is 14.3. The highest BCUT2D eigenvalue weighted by molar-refractivity contribution is 5.89. The van der Waals surface area contributed by atoms with Gasteiger partial charge in [-0.3, -0.25) is 9.59 Å². The van der Waals surface area contributed by atoms with Crippen molar-refractivity contribution in [3.05, 3.63) is 5.82 Å². The second-order valence-electron chi connectivity index (χ2n) is 7.34. The average molecular weight is 347 g/mol. The van der Waals surface area contributed by atoms with Crippen LogP contribution in [0.5, 0.6) is 0 Å². The zero-order valence-electron chi connectivity index (χ0n) is 14.3. The monoisotopic (exact) mass is 347 g/mol. The molecule has 3 N–H and O–H groups in total. The maximum absolute atomic E-state index is 12.9. The molecule has 1 aromatic rings. The van der Waals surface area contributed by atoms with Gasteiger partial charge in [0.15, 0.2) is 5.82 Å². The van der Waals surface area contributed by atoms with Gasteiger partial charge in [-0.1, -0.05) is 5.21 Å². The van der Waals surface area contributed by atoms with Crippen molar-refractivity contribution in [1.29, 1.82) is 0 Å². The van der Waals surface area contributed by atoms with Crippen molar-refractivity contribution in [2.75, 3.05) is 19.6 Å². The Hall–Kier alpha value is -2.03. The van der Waals surface area contributed by atoms with E-state index in [1.807, 2.05) is 4.90 Å². The summed E-state index contributed by atoms with van der Waals surface area (Å²) >= 11 is 0. The van der Waals surface area contributed by atoms with E-state index < -0.39 is 0 Å². The third-order valence-electron chi connectivity index (χ3n) is 5.78. The Morgan fingerprint density at radius 3 is 3.04 bits per heavy atom. The van der Waals surface area contributed by atoms with E-state index >= 15 is 0 Å². The number of amides is 2. The number of tetrazole rings is 1. The van der Waals surface area contributed by atoms with Crippen LogP contribution in [0.3, 0.4) is 0 Å². The number of hydrogen-bond donors (Lipinski definition) is 3. The van der Waals surface area contributed by atoms with Gasteiger partial charge in [-0.2, -0.15) is 5.21 Å². The topological polar surface area (TPSA) is 116 Å². The number of nitrogens with one attached hydrogen (secondary N) is 3. The van der Waals surface area contributed by atoms with Crippen LogP contribution in [-0.4, -0.2) is 69.1 Å². The fraction of sp³-hybridized carbons (Fsp3) is 0.812. The minimum atomic E-state index is -0.327. The highest BCUT2D eigenvalue weighted by atomic mass is 16.2. The first-order chi connectivity index (χ1) is 12.2. The second kappa shape index (κ2) is 7.07. The molecule has 0 spiro atoms. The molecule has 1 aromatic heterocycles. The van der Waals surface area contributed by atoms with E-state index in [4.69, 9.17) is 0 Å². The first-order valence-electron chi connectivity index (χ1n) is 9.26. The van der Waals surface area contributed by atoms with Crippen molar-refractivity contribution in [1.82, 2.24) is 36.2 Å². The normalized spacial score (nSPS) is 31.5. The minimum absolute atomic E-state index is 0.0134. The van der Waals surface area contributed by atoms with Crippen molar-refractivity contribution >= 4 is 11.8 Å². The summed E-state index contributed by atoms with van der Waals surface area (Å²) in [5.74, 6) is 1.50. The quantitative estimate of drug-likeness (QED) is 0.603. The summed E-state index contributed by atoms with van der Waals surface area (Å²) < 4.78 is 0. The van der Waals surface area contributed by atoms with Gasteiger partial charge in [0.05, 0.1) is 0 Å². The first-order valence-corrected chi connectivity index (χ1v) is 9.26. The van der Waals surface area contributed by atoms with E-state index in [1.165, 1.54) is 0 Å². The average Bonchev–Trinajstić information content (AvgIpc) is 3.13. The predicted molar refractivity (Wildman–Crippen MR) is 88.2 cm³/mol. The summed E-state index contributed by atoms with van der Waals surface area (Å²) in [4.78, 5) is 27.4. The van der Waals surface area contributed by atoms with Crippen LogP contribution >= 0.6 is 0 Å². The number of piperidine rings is 3. The number of aryl methyl sites for hydroxylation is 1. The number of carbonyl (C=O) groups excluding carboxylic acids is 2. The third-order valence-corrected chi connectivity index (χ3v) is 5.78. The molecular weight excluding hydrogens is 322 g/mol. The van der Waals surface area contributed by atoms with Crippen LogP contribution in [0.2, 0.25) is 0 Å². The zero-order chi connectivity index (χ0) is 17.2. The molecule has 0 radical (unpaired) electrons. The van der Waals surface area contributed by atoms with Gasteiger partial charge in [0.2, 0.25) is 11.8 Å². The van der Waals surface area contributed by atoms with Crippen molar-refractivity contribution in [3.8, 4) is 0 Å². The Labute approximate surface area is 146 Å². The second-order valence-corrected chi connectivity index (χ2v) is 7.34. The van der Waals surface area contributed by atoms with Crippen LogP contribution < -0.4 is 10.6 Å². The molecule has 2 amide bonds. The standard InChI is InChI=1S/C16H25N7O2/c24-14-5-1-3-12-10-7-11(9-17-8-10)15(23(12)14)16(25)18-6-2-4-13-19-21-22-20-13/h10-12,15,17H,1-9H2,(H,18,25)(H,19,20,21,22)/t10-,11+,12+,15-/m1/s1. The fourth-order valence-corrected chi connectivity index (χ4v) is 4.70. The highest BCUT2D eigenvalue weighted by Crippen LogP contribution is 2.39. The van der Waals surface area contributed by atoms with Crippen molar-refractivity contribution < 1.29 is 9.59 Å². The number of hydrogen-bond acceptors (Lipinski definition) is 6. The molecule has 3 fully saturated rings. The Kier molecular flexibility index (Phi) is 4.65. The van der Waals surface area contributed by atoms with E-state index in [-0.39, 0.29) is 29.8 Å². The molecule has 136 valence electrons. The van der Waals surface area contributed by atoms with Crippen molar-refractivity contribution in [2.24, 2.45) is 11.8 Å². The lowest BCUT2D eigenvalue weighted by Crippen LogP contribution is -2.68. The van der Waals surface area contributed by atoms with Crippen molar-refractivity contribution in [2.45, 2.75) is 50.6 Å². The summed E-state index contributed by atoms with van der Waals surface area (Å²) in [6.07, 6.45) is 5.00. The lowest BCUT2D eigenvalue weighted by molar-refractivity contribution is -0.157. The van der Waals surface area contributed by atoms with Crippen LogP contribution in [0.25, 0.3) is 0 Å². The molecule has 3 aliphatic rings. The van der Waals surface area contributed by atoms with Gasteiger partial charge in [0, 0.05) is 37.9 Å². The molecule has 2 bridgehead atoms. The van der Waals surface area contributed by atoms with E-state index in [2.05, 4.69) is 31.3 Å².